The number of Topliss-reactive ketones (excluding diaryl/α,β-unsaturated/α-hetero) is 1. The lowest BCUT2D eigenvalue weighted by molar-refractivity contribution is 0.0965. The summed E-state index contributed by atoms with van der Waals surface area (Å²) < 4.78 is 0. The van der Waals surface area contributed by atoms with Crippen LogP contribution < -0.4 is 0 Å². The van der Waals surface area contributed by atoms with Crippen LogP contribution in [0.15, 0.2) is 42.5 Å². The largest absolute Gasteiger partial charge is 0.294 e. The predicted octanol–water partition coefficient (Wildman–Crippen LogP) is 5.41. The molecule has 1 aliphatic rings. The third kappa shape index (κ3) is 2.85. The molecule has 0 saturated heterocycles. The van der Waals surface area contributed by atoms with Gasteiger partial charge in [-0.05, 0) is 60.4 Å². The Morgan fingerprint density at radius 2 is 1.68 bits per heavy atom. The number of ketones is 1. The van der Waals surface area contributed by atoms with Crippen LogP contribution in [0.25, 0.3) is 0 Å². The van der Waals surface area contributed by atoms with Gasteiger partial charge in [0.25, 0.3) is 0 Å². The van der Waals surface area contributed by atoms with E-state index in [1.54, 1.807) is 0 Å². The molecule has 2 atom stereocenters. The Morgan fingerprint density at radius 3 is 2.27 bits per heavy atom. The van der Waals surface area contributed by atoms with Crippen molar-refractivity contribution in [1.29, 1.82) is 0 Å². The number of hydrogen-bond donors (Lipinski definition) is 0. The second-order valence-electron chi connectivity index (χ2n) is 6.93. The van der Waals surface area contributed by atoms with Gasteiger partial charge < -0.3 is 0 Å². The van der Waals surface area contributed by atoms with Gasteiger partial charge in [0.2, 0.25) is 0 Å². The second-order valence-corrected chi connectivity index (χ2v) is 6.93. The number of aryl methyl sites for hydroxylation is 2. The van der Waals surface area contributed by atoms with Crippen molar-refractivity contribution < 1.29 is 4.79 Å². The molecule has 1 heteroatoms. The molecule has 0 radical (unpaired) electrons. The summed E-state index contributed by atoms with van der Waals surface area (Å²) in [6.45, 7) is 8.57. The van der Waals surface area contributed by atoms with Gasteiger partial charge in [-0.15, -0.1) is 0 Å². The van der Waals surface area contributed by atoms with E-state index in [1.807, 2.05) is 12.1 Å². The minimum Gasteiger partial charge on any atom is -0.294 e. The first-order valence-electron chi connectivity index (χ1n) is 8.18. The van der Waals surface area contributed by atoms with Gasteiger partial charge in [-0.3, -0.25) is 4.79 Å². The maximum Gasteiger partial charge on any atom is 0.166 e. The van der Waals surface area contributed by atoms with E-state index in [1.165, 1.54) is 22.3 Å². The summed E-state index contributed by atoms with van der Waals surface area (Å²) in [5.74, 6) is 1.45. The monoisotopic (exact) mass is 292 g/mol. The number of carbonyl (C=O) groups is 1. The first-order valence-corrected chi connectivity index (χ1v) is 8.18. The lowest BCUT2D eigenvalue weighted by Gasteiger charge is -2.07. The van der Waals surface area contributed by atoms with E-state index in [2.05, 4.69) is 58.0 Å². The second kappa shape index (κ2) is 5.72. The average molecular weight is 292 g/mol. The molecule has 0 heterocycles. The molecule has 3 rings (SSSR count). The Kier molecular flexibility index (Phi) is 3.90. The highest BCUT2D eigenvalue weighted by Gasteiger charge is 2.43. The highest BCUT2D eigenvalue weighted by Crippen LogP contribution is 2.49. The van der Waals surface area contributed by atoms with Crippen LogP contribution in [0.1, 0.15) is 64.7 Å². The van der Waals surface area contributed by atoms with Crippen LogP contribution in [0.4, 0.5) is 0 Å². The van der Waals surface area contributed by atoms with E-state index in [4.69, 9.17) is 0 Å². The molecule has 0 aromatic heterocycles. The number of carbonyl (C=O) groups excluding carboxylic acids is 1. The minimum atomic E-state index is 0.173. The summed E-state index contributed by atoms with van der Waals surface area (Å²) in [6, 6.07) is 14.9. The Bertz CT molecular complexity index is 694. The molecule has 0 N–H and O–H groups in total. The topological polar surface area (TPSA) is 17.1 Å². The van der Waals surface area contributed by atoms with Gasteiger partial charge in [-0.25, -0.2) is 0 Å². The van der Waals surface area contributed by atoms with Crippen LogP contribution in [0, 0.1) is 19.8 Å². The Labute approximate surface area is 133 Å². The highest BCUT2D eigenvalue weighted by molar-refractivity contribution is 6.00. The number of hydrogen-bond acceptors (Lipinski definition) is 1. The molecule has 22 heavy (non-hydrogen) atoms. The fourth-order valence-electron chi connectivity index (χ4n) is 3.09. The highest BCUT2D eigenvalue weighted by atomic mass is 16.1. The first-order chi connectivity index (χ1) is 10.5. The molecule has 1 fully saturated rings. The molecule has 1 aliphatic carbocycles. The normalized spacial score (nSPS) is 20.2. The van der Waals surface area contributed by atoms with Crippen molar-refractivity contribution in [3.8, 4) is 0 Å². The molecule has 2 aromatic carbocycles. The fraction of sp³-hybridized carbons (Fsp3) is 0.381. The zero-order valence-corrected chi connectivity index (χ0v) is 13.9. The van der Waals surface area contributed by atoms with Crippen molar-refractivity contribution in [2.45, 2.75) is 46.0 Å². The molecule has 0 spiro atoms. The maximum absolute atomic E-state index is 12.6. The molecular formula is C21H24O. The predicted molar refractivity (Wildman–Crippen MR) is 91.6 cm³/mol. The van der Waals surface area contributed by atoms with Crippen LogP contribution in [-0.2, 0) is 0 Å². The Morgan fingerprint density at radius 1 is 1.00 bits per heavy atom. The molecule has 1 nitrogen and oxygen atoms in total. The van der Waals surface area contributed by atoms with Gasteiger partial charge in [0.1, 0.15) is 0 Å². The molecule has 114 valence electrons. The molecule has 2 aromatic rings. The summed E-state index contributed by atoms with van der Waals surface area (Å²) in [6.07, 6.45) is 0.993. The molecule has 0 amide bonds. The van der Waals surface area contributed by atoms with Gasteiger partial charge in [0.15, 0.2) is 5.78 Å². The third-order valence-electron chi connectivity index (χ3n) is 4.95. The number of benzene rings is 2. The van der Waals surface area contributed by atoms with Crippen LogP contribution in [0.3, 0.4) is 0 Å². The summed E-state index contributed by atoms with van der Waals surface area (Å²) in [7, 11) is 0. The van der Waals surface area contributed by atoms with E-state index in [0.717, 1.165) is 12.0 Å². The third-order valence-corrected chi connectivity index (χ3v) is 4.95. The molecule has 1 saturated carbocycles. The smallest absolute Gasteiger partial charge is 0.166 e. The van der Waals surface area contributed by atoms with Crippen molar-refractivity contribution in [2.75, 3.05) is 0 Å². The van der Waals surface area contributed by atoms with Gasteiger partial charge in [0, 0.05) is 11.5 Å². The lowest BCUT2D eigenvalue weighted by Crippen LogP contribution is -2.04. The van der Waals surface area contributed by atoms with E-state index < -0.39 is 0 Å². The van der Waals surface area contributed by atoms with E-state index >= 15 is 0 Å². The van der Waals surface area contributed by atoms with Crippen LogP contribution in [0.5, 0.6) is 0 Å². The zero-order valence-electron chi connectivity index (χ0n) is 13.9. The minimum absolute atomic E-state index is 0.173. The zero-order chi connectivity index (χ0) is 15.9. The van der Waals surface area contributed by atoms with Crippen molar-refractivity contribution >= 4 is 5.78 Å². The van der Waals surface area contributed by atoms with Crippen molar-refractivity contribution in [3.63, 3.8) is 0 Å². The molecular weight excluding hydrogens is 268 g/mol. The van der Waals surface area contributed by atoms with Crippen molar-refractivity contribution in [2.24, 2.45) is 5.92 Å². The van der Waals surface area contributed by atoms with E-state index in [9.17, 15) is 4.79 Å². The van der Waals surface area contributed by atoms with Crippen molar-refractivity contribution in [3.05, 3.63) is 70.3 Å². The average Bonchev–Trinajstić information content (AvgIpc) is 3.30. The SMILES string of the molecule is Cc1ccc(C(=O)C2CC2c2ccc(C(C)C)cc2)cc1C. The van der Waals surface area contributed by atoms with Gasteiger partial charge in [0.05, 0.1) is 0 Å². The van der Waals surface area contributed by atoms with Gasteiger partial charge >= 0.3 is 0 Å². The van der Waals surface area contributed by atoms with Crippen LogP contribution in [0.2, 0.25) is 0 Å². The lowest BCUT2D eigenvalue weighted by atomic mass is 9.97. The molecule has 0 aliphatic heterocycles. The summed E-state index contributed by atoms with van der Waals surface area (Å²) in [5, 5.41) is 0. The van der Waals surface area contributed by atoms with E-state index in [-0.39, 0.29) is 5.92 Å². The number of rotatable bonds is 4. The molecule has 2 unspecified atom stereocenters. The van der Waals surface area contributed by atoms with E-state index in [0.29, 0.717) is 17.6 Å². The van der Waals surface area contributed by atoms with Gasteiger partial charge in [-0.2, -0.15) is 0 Å². The summed E-state index contributed by atoms with van der Waals surface area (Å²) in [5.41, 5.74) is 5.99. The fourth-order valence-corrected chi connectivity index (χ4v) is 3.09. The maximum atomic E-state index is 12.6. The summed E-state index contributed by atoms with van der Waals surface area (Å²) in [4.78, 5) is 12.6. The first kappa shape index (κ1) is 15.0. The molecule has 0 bridgehead atoms. The standard InChI is InChI=1S/C21H24O/c1-13(2)16-7-9-17(10-8-16)19-12-20(19)21(22)18-6-5-14(3)15(4)11-18/h5-11,13,19-20H,12H2,1-4H3. The quantitative estimate of drug-likeness (QED) is 0.688. The van der Waals surface area contributed by atoms with Gasteiger partial charge in [-0.1, -0.05) is 50.2 Å². The van der Waals surface area contributed by atoms with Crippen LogP contribution >= 0.6 is 0 Å². The summed E-state index contributed by atoms with van der Waals surface area (Å²) >= 11 is 0. The Balaban J connectivity index is 1.73. The Hall–Kier alpha value is -1.89. The van der Waals surface area contributed by atoms with Crippen molar-refractivity contribution in [1.82, 2.24) is 0 Å². The van der Waals surface area contributed by atoms with Crippen LogP contribution in [-0.4, -0.2) is 5.78 Å².